The summed E-state index contributed by atoms with van der Waals surface area (Å²) in [5, 5.41) is 11.3. The number of morpholine rings is 1. The second-order valence-electron chi connectivity index (χ2n) is 7.53. The molecule has 12 heteroatoms. The summed E-state index contributed by atoms with van der Waals surface area (Å²) < 4.78 is 48.4. The first-order valence-corrected chi connectivity index (χ1v) is 11.6. The number of aryl methyl sites for hydroxylation is 1. The van der Waals surface area contributed by atoms with Crippen LogP contribution in [0, 0.1) is 17.0 Å². The Labute approximate surface area is 190 Å². The van der Waals surface area contributed by atoms with Crippen LogP contribution < -0.4 is 4.74 Å². The van der Waals surface area contributed by atoms with Crippen molar-refractivity contribution in [1.29, 1.82) is 0 Å². The minimum Gasteiger partial charge on any atom is -0.467 e. The van der Waals surface area contributed by atoms with Gasteiger partial charge in [0, 0.05) is 36.3 Å². The molecule has 1 fully saturated rings. The highest BCUT2D eigenvalue weighted by atomic mass is 32.2. The van der Waals surface area contributed by atoms with Crippen molar-refractivity contribution in [2.45, 2.75) is 25.0 Å². The number of carbonyl (C=O) groups excluding carboxylic acids is 1. The maximum atomic E-state index is 12.9. The van der Waals surface area contributed by atoms with E-state index in [2.05, 4.69) is 0 Å². The van der Waals surface area contributed by atoms with Gasteiger partial charge in [-0.15, -0.1) is 0 Å². The van der Waals surface area contributed by atoms with Crippen molar-refractivity contribution in [2.75, 3.05) is 33.1 Å². The average molecular weight is 478 g/mol. The first-order chi connectivity index (χ1) is 15.8. The molecule has 2 aromatic carbocycles. The Morgan fingerprint density at radius 3 is 2.67 bits per heavy atom. The van der Waals surface area contributed by atoms with Gasteiger partial charge in [-0.25, -0.2) is 13.2 Å². The van der Waals surface area contributed by atoms with E-state index in [1.807, 2.05) is 0 Å². The number of fused-ring (bicyclic) bond motifs is 1. The summed E-state index contributed by atoms with van der Waals surface area (Å²) >= 11 is 0. The van der Waals surface area contributed by atoms with Gasteiger partial charge >= 0.3 is 5.97 Å². The standard InChI is InChI=1S/C21H22N2O9S/c1-14-2-3-18(33(27,28)22-4-6-29-7-5-22)10-19(14)21(24)31-12-16-9-17(23(25)26)8-15-11-30-13-32-20(15)16/h2-3,8-10H,4-7,11-13H2,1H3. The van der Waals surface area contributed by atoms with Crippen molar-refractivity contribution in [3.8, 4) is 5.75 Å². The van der Waals surface area contributed by atoms with Crippen LogP contribution in [0.15, 0.2) is 35.2 Å². The summed E-state index contributed by atoms with van der Waals surface area (Å²) in [6.45, 7) is 2.57. The fourth-order valence-corrected chi connectivity index (χ4v) is 5.07. The highest BCUT2D eigenvalue weighted by molar-refractivity contribution is 7.89. The third kappa shape index (κ3) is 4.83. The highest BCUT2D eigenvalue weighted by Gasteiger charge is 2.28. The monoisotopic (exact) mass is 478 g/mol. The molecule has 0 amide bonds. The predicted octanol–water partition coefficient (Wildman–Crippen LogP) is 2.15. The van der Waals surface area contributed by atoms with Crippen LogP contribution in [0.5, 0.6) is 5.75 Å². The number of sulfonamides is 1. The molecule has 0 unspecified atom stereocenters. The molecule has 11 nitrogen and oxygen atoms in total. The molecule has 0 radical (unpaired) electrons. The van der Waals surface area contributed by atoms with Crippen molar-refractivity contribution >= 4 is 21.7 Å². The lowest BCUT2D eigenvalue weighted by atomic mass is 10.1. The molecular weight excluding hydrogens is 456 g/mol. The Bertz CT molecular complexity index is 1190. The lowest BCUT2D eigenvalue weighted by Gasteiger charge is -2.26. The molecule has 2 heterocycles. The van der Waals surface area contributed by atoms with Crippen molar-refractivity contribution in [3.63, 3.8) is 0 Å². The van der Waals surface area contributed by atoms with Crippen LogP contribution >= 0.6 is 0 Å². The molecule has 4 rings (SSSR count). The molecule has 0 saturated carbocycles. The molecule has 0 aliphatic carbocycles. The first kappa shape index (κ1) is 23.1. The fourth-order valence-electron chi connectivity index (χ4n) is 3.63. The third-order valence-electron chi connectivity index (χ3n) is 5.38. The number of benzene rings is 2. The van der Waals surface area contributed by atoms with Crippen molar-refractivity contribution in [1.82, 2.24) is 4.31 Å². The van der Waals surface area contributed by atoms with E-state index in [-0.39, 0.29) is 49.2 Å². The van der Waals surface area contributed by atoms with Gasteiger partial charge in [0.15, 0.2) is 6.79 Å². The highest BCUT2D eigenvalue weighted by Crippen LogP contribution is 2.33. The number of non-ortho nitro benzene ring substituents is 1. The lowest BCUT2D eigenvalue weighted by molar-refractivity contribution is -0.385. The molecule has 2 aromatic rings. The molecule has 33 heavy (non-hydrogen) atoms. The van der Waals surface area contributed by atoms with Gasteiger partial charge in [0.25, 0.3) is 5.69 Å². The van der Waals surface area contributed by atoms with Crippen LogP contribution in [-0.2, 0) is 37.4 Å². The molecule has 2 aliphatic rings. The average Bonchev–Trinajstić information content (AvgIpc) is 2.82. The zero-order valence-electron chi connectivity index (χ0n) is 17.8. The van der Waals surface area contributed by atoms with E-state index in [9.17, 15) is 23.3 Å². The van der Waals surface area contributed by atoms with E-state index < -0.39 is 20.9 Å². The Balaban J connectivity index is 1.57. The van der Waals surface area contributed by atoms with Gasteiger partial charge in [-0.3, -0.25) is 10.1 Å². The SMILES string of the molecule is Cc1ccc(S(=O)(=O)N2CCOCC2)cc1C(=O)OCc1cc([N+](=O)[O-])cc2c1OCOC2. The zero-order chi connectivity index (χ0) is 23.6. The largest absolute Gasteiger partial charge is 0.467 e. The third-order valence-corrected chi connectivity index (χ3v) is 7.27. The molecule has 176 valence electrons. The summed E-state index contributed by atoms with van der Waals surface area (Å²) in [4.78, 5) is 23.5. The van der Waals surface area contributed by atoms with E-state index in [4.69, 9.17) is 18.9 Å². The number of nitro benzene ring substituents is 1. The van der Waals surface area contributed by atoms with E-state index in [0.717, 1.165) is 0 Å². The number of nitrogens with zero attached hydrogens (tertiary/aromatic N) is 2. The quantitative estimate of drug-likeness (QED) is 0.348. The number of ether oxygens (including phenoxy) is 4. The van der Waals surface area contributed by atoms with Gasteiger partial charge in [-0.1, -0.05) is 6.07 Å². The van der Waals surface area contributed by atoms with Crippen molar-refractivity contribution in [2.24, 2.45) is 0 Å². The van der Waals surface area contributed by atoms with Crippen molar-refractivity contribution < 1.29 is 37.1 Å². The normalized spacial score (nSPS) is 16.5. The summed E-state index contributed by atoms with van der Waals surface area (Å²) in [7, 11) is -3.79. The molecule has 0 N–H and O–H groups in total. The Kier molecular flexibility index (Phi) is 6.61. The Morgan fingerprint density at radius 2 is 1.94 bits per heavy atom. The molecular formula is C21H22N2O9S. The second-order valence-corrected chi connectivity index (χ2v) is 9.47. The summed E-state index contributed by atoms with van der Waals surface area (Å²) in [6, 6.07) is 6.91. The molecule has 0 spiro atoms. The number of hydrogen-bond donors (Lipinski definition) is 0. The minimum atomic E-state index is -3.79. The van der Waals surface area contributed by atoms with Crippen LogP contribution in [0.2, 0.25) is 0 Å². The molecule has 1 saturated heterocycles. The van der Waals surface area contributed by atoms with Gasteiger partial charge in [0.2, 0.25) is 10.0 Å². The smallest absolute Gasteiger partial charge is 0.338 e. The minimum absolute atomic E-state index is 0.0184. The number of hydrogen-bond acceptors (Lipinski definition) is 9. The van der Waals surface area contributed by atoms with Gasteiger partial charge in [0.05, 0.1) is 35.2 Å². The van der Waals surface area contributed by atoms with E-state index >= 15 is 0 Å². The zero-order valence-corrected chi connectivity index (χ0v) is 18.6. The van der Waals surface area contributed by atoms with E-state index in [1.165, 1.54) is 28.6 Å². The lowest BCUT2D eigenvalue weighted by Crippen LogP contribution is -2.40. The molecule has 2 aliphatic heterocycles. The predicted molar refractivity (Wildman–Crippen MR) is 113 cm³/mol. The second kappa shape index (κ2) is 9.43. The van der Waals surface area contributed by atoms with Crippen LogP contribution in [0.25, 0.3) is 0 Å². The Morgan fingerprint density at radius 1 is 1.18 bits per heavy atom. The number of esters is 1. The topological polar surface area (TPSA) is 135 Å². The van der Waals surface area contributed by atoms with Crippen LogP contribution in [-0.4, -0.2) is 56.7 Å². The fraction of sp³-hybridized carbons (Fsp3) is 0.381. The van der Waals surface area contributed by atoms with Gasteiger partial charge in [-0.05, 0) is 24.6 Å². The van der Waals surface area contributed by atoms with Gasteiger partial charge in [-0.2, -0.15) is 4.31 Å². The number of nitro groups is 1. The molecule has 0 atom stereocenters. The van der Waals surface area contributed by atoms with Crippen molar-refractivity contribution in [3.05, 3.63) is 62.7 Å². The van der Waals surface area contributed by atoms with Crippen LogP contribution in [0.3, 0.4) is 0 Å². The van der Waals surface area contributed by atoms with Crippen LogP contribution in [0.4, 0.5) is 5.69 Å². The maximum absolute atomic E-state index is 12.9. The summed E-state index contributed by atoms with van der Waals surface area (Å²) in [5.41, 5.74) is 1.25. The van der Waals surface area contributed by atoms with E-state index in [1.54, 1.807) is 13.0 Å². The Hall–Kier alpha value is -3.06. The van der Waals surface area contributed by atoms with Gasteiger partial charge < -0.3 is 18.9 Å². The first-order valence-electron chi connectivity index (χ1n) is 10.1. The molecule has 0 aromatic heterocycles. The number of rotatable bonds is 6. The van der Waals surface area contributed by atoms with Gasteiger partial charge in [0.1, 0.15) is 12.4 Å². The summed E-state index contributed by atoms with van der Waals surface area (Å²) in [5.74, 6) is -0.376. The van der Waals surface area contributed by atoms with Crippen LogP contribution in [0.1, 0.15) is 27.0 Å². The maximum Gasteiger partial charge on any atom is 0.338 e. The number of carbonyl (C=O) groups is 1. The molecule has 0 bridgehead atoms. The van der Waals surface area contributed by atoms with E-state index in [0.29, 0.717) is 35.7 Å². The summed E-state index contributed by atoms with van der Waals surface area (Å²) in [6.07, 6.45) is 0.